The van der Waals surface area contributed by atoms with E-state index in [1.807, 2.05) is 13.0 Å². The third-order valence-corrected chi connectivity index (χ3v) is 3.51. The molecule has 92 valence electrons. The number of nitrogens with one attached hydrogen (secondary N) is 1. The van der Waals surface area contributed by atoms with E-state index in [4.69, 9.17) is 10.5 Å². The van der Waals surface area contributed by atoms with Crippen molar-refractivity contribution < 1.29 is 9.53 Å². The topological polar surface area (TPSA) is 64.4 Å². The summed E-state index contributed by atoms with van der Waals surface area (Å²) in [5.41, 5.74) is 7.04. The standard InChI is InChI=1S/C12H15BrN2O2/c1-7-2-5-11(17-7)12(16)15-8-3-4-9(13)10(14)6-8/h3-4,6-7,11H,2,5,14H2,1H3,(H,15,16). The van der Waals surface area contributed by atoms with E-state index < -0.39 is 0 Å². The third kappa shape index (κ3) is 2.98. The predicted molar refractivity (Wildman–Crippen MR) is 70.8 cm³/mol. The summed E-state index contributed by atoms with van der Waals surface area (Å²) in [4.78, 5) is 11.9. The predicted octanol–water partition coefficient (Wildman–Crippen LogP) is 2.54. The first-order valence-corrected chi connectivity index (χ1v) is 6.37. The van der Waals surface area contributed by atoms with Crippen molar-refractivity contribution in [3.05, 3.63) is 22.7 Å². The number of carbonyl (C=O) groups is 1. The van der Waals surface area contributed by atoms with Gasteiger partial charge in [0.25, 0.3) is 5.91 Å². The molecule has 4 nitrogen and oxygen atoms in total. The minimum Gasteiger partial charge on any atom is -0.398 e. The number of ether oxygens (including phenoxy) is 1. The number of nitrogens with two attached hydrogens (primary N) is 1. The lowest BCUT2D eigenvalue weighted by Crippen LogP contribution is -2.27. The first-order valence-electron chi connectivity index (χ1n) is 5.57. The fourth-order valence-corrected chi connectivity index (χ4v) is 2.09. The van der Waals surface area contributed by atoms with Crippen LogP contribution in [0.4, 0.5) is 11.4 Å². The summed E-state index contributed by atoms with van der Waals surface area (Å²) in [6.45, 7) is 1.98. The smallest absolute Gasteiger partial charge is 0.253 e. The summed E-state index contributed by atoms with van der Waals surface area (Å²) in [7, 11) is 0. The second-order valence-electron chi connectivity index (χ2n) is 4.24. The maximum absolute atomic E-state index is 11.9. The molecule has 1 heterocycles. The molecule has 1 fully saturated rings. The van der Waals surface area contributed by atoms with Crippen LogP contribution in [0, 0.1) is 0 Å². The van der Waals surface area contributed by atoms with Crippen LogP contribution in [0.3, 0.4) is 0 Å². The molecule has 1 amide bonds. The second kappa shape index (κ2) is 5.06. The van der Waals surface area contributed by atoms with E-state index in [9.17, 15) is 4.79 Å². The molecule has 0 aliphatic carbocycles. The van der Waals surface area contributed by atoms with E-state index >= 15 is 0 Å². The molecular formula is C12H15BrN2O2. The number of nitrogen functional groups attached to an aromatic ring is 1. The van der Waals surface area contributed by atoms with Gasteiger partial charge in [-0.1, -0.05) is 0 Å². The summed E-state index contributed by atoms with van der Waals surface area (Å²) in [6, 6.07) is 5.33. The molecule has 0 bridgehead atoms. The number of halogens is 1. The highest BCUT2D eigenvalue weighted by Gasteiger charge is 2.28. The van der Waals surface area contributed by atoms with Crippen LogP contribution < -0.4 is 11.1 Å². The van der Waals surface area contributed by atoms with Crippen molar-refractivity contribution >= 4 is 33.2 Å². The van der Waals surface area contributed by atoms with Crippen LogP contribution in [-0.4, -0.2) is 18.1 Å². The molecule has 0 radical (unpaired) electrons. The molecule has 1 saturated heterocycles. The number of rotatable bonds is 2. The van der Waals surface area contributed by atoms with E-state index in [0.29, 0.717) is 11.4 Å². The molecule has 2 rings (SSSR count). The molecule has 1 aromatic rings. The van der Waals surface area contributed by atoms with E-state index in [-0.39, 0.29) is 18.1 Å². The maximum Gasteiger partial charge on any atom is 0.253 e. The van der Waals surface area contributed by atoms with Gasteiger partial charge in [0.05, 0.1) is 6.10 Å². The van der Waals surface area contributed by atoms with E-state index in [1.54, 1.807) is 12.1 Å². The number of benzene rings is 1. The Kier molecular flexibility index (Phi) is 3.69. The maximum atomic E-state index is 11.9. The first kappa shape index (κ1) is 12.4. The quantitative estimate of drug-likeness (QED) is 0.825. The second-order valence-corrected chi connectivity index (χ2v) is 5.09. The minimum atomic E-state index is -0.338. The zero-order valence-electron chi connectivity index (χ0n) is 9.57. The largest absolute Gasteiger partial charge is 0.398 e. The van der Waals surface area contributed by atoms with Crippen molar-refractivity contribution in [3.63, 3.8) is 0 Å². The number of anilines is 2. The molecule has 0 aromatic heterocycles. The molecule has 2 unspecified atom stereocenters. The average Bonchev–Trinajstić information content (AvgIpc) is 2.70. The highest BCUT2D eigenvalue weighted by molar-refractivity contribution is 9.10. The van der Waals surface area contributed by atoms with Crippen LogP contribution in [0.25, 0.3) is 0 Å². The lowest BCUT2D eigenvalue weighted by atomic mass is 10.2. The van der Waals surface area contributed by atoms with E-state index in [2.05, 4.69) is 21.2 Å². The Labute approximate surface area is 109 Å². The third-order valence-electron chi connectivity index (χ3n) is 2.79. The van der Waals surface area contributed by atoms with Gasteiger partial charge in [0, 0.05) is 15.8 Å². The highest BCUT2D eigenvalue weighted by atomic mass is 79.9. The Morgan fingerprint density at radius 3 is 2.88 bits per heavy atom. The summed E-state index contributed by atoms with van der Waals surface area (Å²) in [5, 5.41) is 2.81. The summed E-state index contributed by atoms with van der Waals surface area (Å²) < 4.78 is 6.32. The molecule has 3 N–H and O–H groups in total. The first-order chi connectivity index (χ1) is 8.06. The van der Waals surface area contributed by atoms with Gasteiger partial charge in [0.15, 0.2) is 0 Å². The molecule has 5 heteroatoms. The molecule has 1 aromatic carbocycles. The Morgan fingerprint density at radius 1 is 1.53 bits per heavy atom. The number of hydrogen-bond donors (Lipinski definition) is 2. The zero-order chi connectivity index (χ0) is 12.4. The minimum absolute atomic E-state index is 0.101. The van der Waals surface area contributed by atoms with Crippen LogP contribution in [-0.2, 0) is 9.53 Å². The van der Waals surface area contributed by atoms with Gasteiger partial charge in [0.1, 0.15) is 6.10 Å². The fraction of sp³-hybridized carbons (Fsp3) is 0.417. The van der Waals surface area contributed by atoms with Crippen molar-refractivity contribution in [2.45, 2.75) is 32.0 Å². The summed E-state index contributed by atoms with van der Waals surface area (Å²) in [6.07, 6.45) is 1.54. The van der Waals surface area contributed by atoms with Gasteiger partial charge < -0.3 is 15.8 Å². The van der Waals surface area contributed by atoms with Gasteiger partial charge in [-0.3, -0.25) is 4.79 Å². The molecule has 1 aliphatic heterocycles. The molecule has 0 saturated carbocycles. The Hall–Kier alpha value is -1.07. The molecule has 1 aliphatic rings. The summed E-state index contributed by atoms with van der Waals surface area (Å²) in [5.74, 6) is -0.101. The number of hydrogen-bond acceptors (Lipinski definition) is 3. The SMILES string of the molecule is CC1CCC(C(=O)Nc2ccc(Br)c(N)c2)O1. The van der Waals surface area contributed by atoms with Crippen molar-refractivity contribution in [1.82, 2.24) is 0 Å². The van der Waals surface area contributed by atoms with Gasteiger partial charge in [-0.25, -0.2) is 0 Å². The van der Waals surface area contributed by atoms with Gasteiger partial charge in [-0.15, -0.1) is 0 Å². The van der Waals surface area contributed by atoms with Gasteiger partial charge >= 0.3 is 0 Å². The molecule has 2 atom stereocenters. The van der Waals surface area contributed by atoms with Gasteiger partial charge in [-0.05, 0) is 53.9 Å². The number of carbonyl (C=O) groups excluding carboxylic acids is 1. The lowest BCUT2D eigenvalue weighted by molar-refractivity contribution is -0.126. The highest BCUT2D eigenvalue weighted by Crippen LogP contribution is 2.24. The van der Waals surface area contributed by atoms with Crippen LogP contribution >= 0.6 is 15.9 Å². The Morgan fingerprint density at radius 2 is 2.29 bits per heavy atom. The zero-order valence-corrected chi connectivity index (χ0v) is 11.2. The Bertz CT molecular complexity index is 437. The van der Waals surface area contributed by atoms with E-state index in [0.717, 1.165) is 17.3 Å². The van der Waals surface area contributed by atoms with Gasteiger partial charge in [0.2, 0.25) is 0 Å². The van der Waals surface area contributed by atoms with Crippen LogP contribution in [0.15, 0.2) is 22.7 Å². The normalized spacial score (nSPS) is 23.6. The van der Waals surface area contributed by atoms with Crippen molar-refractivity contribution in [2.24, 2.45) is 0 Å². The van der Waals surface area contributed by atoms with E-state index in [1.165, 1.54) is 0 Å². The number of amides is 1. The molecule has 0 spiro atoms. The fourth-order valence-electron chi connectivity index (χ4n) is 1.84. The average molecular weight is 299 g/mol. The van der Waals surface area contributed by atoms with Crippen LogP contribution in [0.5, 0.6) is 0 Å². The Balaban J connectivity index is 2.00. The van der Waals surface area contributed by atoms with Crippen LogP contribution in [0.2, 0.25) is 0 Å². The lowest BCUT2D eigenvalue weighted by Gasteiger charge is -2.12. The van der Waals surface area contributed by atoms with Crippen molar-refractivity contribution in [3.8, 4) is 0 Å². The monoisotopic (exact) mass is 298 g/mol. The molecule has 17 heavy (non-hydrogen) atoms. The molecular weight excluding hydrogens is 284 g/mol. The van der Waals surface area contributed by atoms with Gasteiger partial charge in [-0.2, -0.15) is 0 Å². The van der Waals surface area contributed by atoms with Crippen molar-refractivity contribution in [1.29, 1.82) is 0 Å². The van der Waals surface area contributed by atoms with Crippen molar-refractivity contribution in [2.75, 3.05) is 11.1 Å². The summed E-state index contributed by atoms with van der Waals surface area (Å²) >= 11 is 3.31. The van der Waals surface area contributed by atoms with Crippen LogP contribution in [0.1, 0.15) is 19.8 Å².